The molecule has 2 rings (SSSR count). The summed E-state index contributed by atoms with van der Waals surface area (Å²) < 4.78 is 5.33. The second-order valence-corrected chi connectivity index (χ2v) is 5.41. The van der Waals surface area contributed by atoms with Crippen molar-refractivity contribution >= 4 is 11.6 Å². The van der Waals surface area contributed by atoms with Crippen LogP contribution in [0.15, 0.2) is 28.8 Å². The second-order valence-electron chi connectivity index (χ2n) is 5.00. The van der Waals surface area contributed by atoms with Gasteiger partial charge in [-0.25, -0.2) is 0 Å². The van der Waals surface area contributed by atoms with Gasteiger partial charge >= 0.3 is 0 Å². The molecule has 19 heavy (non-hydrogen) atoms. The summed E-state index contributed by atoms with van der Waals surface area (Å²) in [5, 5.41) is 4.61. The predicted molar refractivity (Wildman–Crippen MR) is 76.0 cm³/mol. The Morgan fingerprint density at radius 2 is 2.05 bits per heavy atom. The number of hydrogen-bond donors (Lipinski definition) is 1. The molecule has 4 nitrogen and oxygen atoms in total. The fraction of sp³-hybridized carbons (Fsp3) is 0.429. The molecule has 0 bridgehead atoms. The van der Waals surface area contributed by atoms with Crippen LogP contribution in [0.3, 0.4) is 0 Å². The molecule has 0 radical (unpaired) electrons. The number of aromatic nitrogens is 2. The van der Waals surface area contributed by atoms with Crippen molar-refractivity contribution in [3.8, 4) is 11.4 Å². The molecule has 1 aromatic carbocycles. The summed E-state index contributed by atoms with van der Waals surface area (Å²) in [5.74, 6) is 1.74. The zero-order chi connectivity index (χ0) is 13.8. The molecule has 0 aliphatic rings. The van der Waals surface area contributed by atoms with Gasteiger partial charge in [0.05, 0.1) is 10.9 Å². The fourth-order valence-electron chi connectivity index (χ4n) is 2.02. The van der Waals surface area contributed by atoms with Crippen LogP contribution in [0.25, 0.3) is 11.4 Å². The number of benzene rings is 1. The van der Waals surface area contributed by atoms with Gasteiger partial charge in [0, 0.05) is 12.1 Å². The first-order chi connectivity index (χ1) is 9.11. The highest BCUT2D eigenvalue weighted by Crippen LogP contribution is 2.28. The molecule has 1 unspecified atom stereocenters. The molecule has 1 heterocycles. The monoisotopic (exact) mass is 279 g/mol. The van der Waals surface area contributed by atoms with E-state index < -0.39 is 0 Å². The molecule has 1 aromatic heterocycles. The van der Waals surface area contributed by atoms with Gasteiger partial charge in [-0.3, -0.25) is 0 Å². The Bertz CT molecular complexity index is 539. The minimum absolute atomic E-state index is 0.101. The first-order valence-corrected chi connectivity index (χ1v) is 6.78. The highest BCUT2D eigenvalue weighted by molar-refractivity contribution is 6.33. The van der Waals surface area contributed by atoms with Crippen molar-refractivity contribution in [2.45, 2.75) is 26.2 Å². The van der Waals surface area contributed by atoms with Crippen LogP contribution in [0, 0.1) is 5.92 Å². The topological polar surface area (TPSA) is 64.9 Å². The van der Waals surface area contributed by atoms with Gasteiger partial charge in [-0.15, -0.1) is 0 Å². The molecule has 5 heteroatoms. The summed E-state index contributed by atoms with van der Waals surface area (Å²) >= 11 is 6.12. The van der Waals surface area contributed by atoms with Gasteiger partial charge in [0.15, 0.2) is 0 Å². The van der Waals surface area contributed by atoms with Crippen molar-refractivity contribution in [3.05, 3.63) is 35.2 Å². The first kappa shape index (κ1) is 14.0. The van der Waals surface area contributed by atoms with Crippen molar-refractivity contribution in [2.24, 2.45) is 11.7 Å². The lowest BCUT2D eigenvalue weighted by Crippen LogP contribution is -2.15. The van der Waals surface area contributed by atoms with E-state index in [1.807, 2.05) is 18.2 Å². The Morgan fingerprint density at radius 1 is 1.32 bits per heavy atom. The summed E-state index contributed by atoms with van der Waals surface area (Å²) in [4.78, 5) is 4.42. The van der Waals surface area contributed by atoms with Crippen LogP contribution in [0.5, 0.6) is 0 Å². The van der Waals surface area contributed by atoms with Crippen LogP contribution >= 0.6 is 11.6 Å². The lowest BCUT2D eigenvalue weighted by molar-refractivity contribution is 0.335. The average molecular weight is 280 g/mol. The summed E-state index contributed by atoms with van der Waals surface area (Å²) in [7, 11) is 0. The Balaban J connectivity index is 2.26. The Kier molecular flexibility index (Phi) is 4.56. The normalized spacial score (nSPS) is 12.9. The third-order valence-corrected chi connectivity index (χ3v) is 3.28. The molecule has 0 saturated heterocycles. The van der Waals surface area contributed by atoms with Crippen molar-refractivity contribution in [1.29, 1.82) is 0 Å². The van der Waals surface area contributed by atoms with E-state index in [0.717, 1.165) is 12.0 Å². The minimum Gasteiger partial charge on any atom is -0.339 e. The molecule has 102 valence electrons. The van der Waals surface area contributed by atoms with Gasteiger partial charge in [-0.2, -0.15) is 4.98 Å². The standard InChI is InChI=1S/C14H18ClN3O/c1-9(2)7-10(8-16)14-17-13(18-19-14)11-5-3-4-6-12(11)15/h3-6,9-10H,7-8,16H2,1-2H3. The third kappa shape index (κ3) is 3.33. The molecule has 0 aliphatic carbocycles. The van der Waals surface area contributed by atoms with E-state index in [4.69, 9.17) is 21.9 Å². The second kappa shape index (κ2) is 6.17. The third-order valence-electron chi connectivity index (χ3n) is 2.95. The molecule has 0 aliphatic heterocycles. The van der Waals surface area contributed by atoms with Crippen LogP contribution in [0.4, 0.5) is 0 Å². The molecule has 0 fully saturated rings. The highest BCUT2D eigenvalue weighted by atomic mass is 35.5. The SMILES string of the molecule is CC(C)CC(CN)c1nc(-c2ccccc2Cl)no1. The molecule has 2 N–H and O–H groups in total. The van der Waals surface area contributed by atoms with Gasteiger partial charge in [0.2, 0.25) is 11.7 Å². The maximum atomic E-state index is 6.12. The van der Waals surface area contributed by atoms with E-state index in [2.05, 4.69) is 24.0 Å². The summed E-state index contributed by atoms with van der Waals surface area (Å²) in [6, 6.07) is 7.44. The minimum atomic E-state index is 0.101. The van der Waals surface area contributed by atoms with Crippen molar-refractivity contribution in [1.82, 2.24) is 10.1 Å². The summed E-state index contributed by atoms with van der Waals surface area (Å²) in [5.41, 5.74) is 6.55. The lowest BCUT2D eigenvalue weighted by Gasteiger charge is -2.11. The van der Waals surface area contributed by atoms with Crippen LogP contribution in [-0.4, -0.2) is 16.7 Å². The molecule has 0 spiro atoms. The van der Waals surface area contributed by atoms with Gasteiger partial charge < -0.3 is 10.3 Å². The number of rotatable bonds is 5. The summed E-state index contributed by atoms with van der Waals surface area (Å²) in [6.07, 6.45) is 0.931. The van der Waals surface area contributed by atoms with E-state index in [1.165, 1.54) is 0 Å². The van der Waals surface area contributed by atoms with Gasteiger partial charge in [0.1, 0.15) is 0 Å². The van der Waals surface area contributed by atoms with Gasteiger partial charge in [0.25, 0.3) is 0 Å². The molecular formula is C14H18ClN3O. The van der Waals surface area contributed by atoms with Crippen LogP contribution in [-0.2, 0) is 0 Å². The fourth-order valence-corrected chi connectivity index (χ4v) is 2.24. The average Bonchev–Trinajstić information content (AvgIpc) is 2.85. The van der Waals surface area contributed by atoms with Crippen LogP contribution < -0.4 is 5.73 Å². The molecular weight excluding hydrogens is 262 g/mol. The van der Waals surface area contributed by atoms with Crippen molar-refractivity contribution in [3.63, 3.8) is 0 Å². The van der Waals surface area contributed by atoms with E-state index >= 15 is 0 Å². The van der Waals surface area contributed by atoms with E-state index in [1.54, 1.807) is 6.07 Å². The van der Waals surface area contributed by atoms with Crippen molar-refractivity contribution in [2.75, 3.05) is 6.54 Å². The van der Waals surface area contributed by atoms with Gasteiger partial charge in [-0.1, -0.05) is 42.7 Å². The van der Waals surface area contributed by atoms with Crippen LogP contribution in [0.1, 0.15) is 32.1 Å². The molecule has 0 saturated carbocycles. The summed E-state index contributed by atoms with van der Waals surface area (Å²) in [6.45, 7) is 4.80. The number of nitrogens with zero attached hydrogens (tertiary/aromatic N) is 2. The van der Waals surface area contributed by atoms with E-state index in [9.17, 15) is 0 Å². The number of hydrogen-bond acceptors (Lipinski definition) is 4. The number of nitrogens with two attached hydrogens (primary N) is 1. The smallest absolute Gasteiger partial charge is 0.231 e. The maximum Gasteiger partial charge on any atom is 0.231 e. The zero-order valence-electron chi connectivity index (χ0n) is 11.1. The molecule has 1 atom stereocenters. The Hall–Kier alpha value is -1.39. The Morgan fingerprint density at radius 3 is 2.68 bits per heavy atom. The van der Waals surface area contributed by atoms with E-state index in [-0.39, 0.29) is 5.92 Å². The van der Waals surface area contributed by atoms with Gasteiger partial charge in [-0.05, 0) is 24.5 Å². The largest absolute Gasteiger partial charge is 0.339 e. The maximum absolute atomic E-state index is 6.12. The zero-order valence-corrected chi connectivity index (χ0v) is 11.9. The quantitative estimate of drug-likeness (QED) is 0.910. The van der Waals surface area contributed by atoms with Crippen molar-refractivity contribution < 1.29 is 4.52 Å². The lowest BCUT2D eigenvalue weighted by atomic mass is 9.97. The first-order valence-electron chi connectivity index (χ1n) is 6.40. The molecule has 0 amide bonds. The number of halogens is 1. The van der Waals surface area contributed by atoms with E-state index in [0.29, 0.717) is 29.2 Å². The molecule has 2 aromatic rings. The van der Waals surface area contributed by atoms with Crippen LogP contribution in [0.2, 0.25) is 5.02 Å². The predicted octanol–water partition coefficient (Wildman–Crippen LogP) is 3.48. The Labute approximate surface area is 118 Å². The highest BCUT2D eigenvalue weighted by Gasteiger charge is 2.20.